The maximum Gasteiger partial charge on any atom is 0.306 e. The number of ether oxygens (including phenoxy) is 1. The molecule has 3 atom stereocenters. The van der Waals surface area contributed by atoms with Gasteiger partial charge in [0.2, 0.25) is 5.91 Å². The van der Waals surface area contributed by atoms with E-state index in [0.717, 1.165) is 89.9 Å². The lowest BCUT2D eigenvalue weighted by molar-refractivity contribution is -0.151. The van der Waals surface area contributed by atoms with Crippen LogP contribution < -0.4 is 5.32 Å². The molecule has 0 aliphatic heterocycles. The third-order valence-corrected chi connectivity index (χ3v) is 11.9. The number of esters is 1. The van der Waals surface area contributed by atoms with Crippen molar-refractivity contribution in [2.45, 2.75) is 283 Å². The molecule has 0 saturated heterocycles. The Bertz CT molecular complexity index is 1050. The van der Waals surface area contributed by atoms with Crippen LogP contribution in [0.4, 0.5) is 0 Å². The minimum absolute atomic E-state index is 0.0581. The number of rotatable bonds is 47. The van der Waals surface area contributed by atoms with Crippen LogP contribution in [0.2, 0.25) is 0 Å². The molecule has 0 aromatic heterocycles. The minimum Gasteiger partial charge on any atom is -0.462 e. The Labute approximate surface area is 378 Å². The van der Waals surface area contributed by atoms with E-state index in [1.165, 1.54) is 128 Å². The summed E-state index contributed by atoms with van der Waals surface area (Å²) >= 11 is 0. The van der Waals surface area contributed by atoms with Crippen LogP contribution in [0.25, 0.3) is 0 Å². The number of nitrogens with one attached hydrogen (secondary N) is 1. The number of aliphatic hydroxyl groups is 2. The fraction of sp³-hybridized carbons (Fsp3) is 0.818. The summed E-state index contributed by atoms with van der Waals surface area (Å²) in [4.78, 5) is 26.1. The molecule has 0 saturated carbocycles. The van der Waals surface area contributed by atoms with Crippen molar-refractivity contribution in [2.24, 2.45) is 0 Å². The van der Waals surface area contributed by atoms with Crippen molar-refractivity contribution < 1.29 is 24.5 Å². The zero-order valence-corrected chi connectivity index (χ0v) is 40.5. The molecule has 0 fully saturated rings. The first-order valence-corrected chi connectivity index (χ1v) is 26.4. The smallest absolute Gasteiger partial charge is 0.306 e. The Kier molecular flexibility index (Phi) is 47.1. The van der Waals surface area contributed by atoms with E-state index in [1.54, 1.807) is 0 Å². The summed E-state index contributed by atoms with van der Waals surface area (Å²) in [5, 5.41) is 23.7. The molecule has 3 N–H and O–H groups in total. The highest BCUT2D eigenvalue weighted by molar-refractivity contribution is 5.77. The zero-order chi connectivity index (χ0) is 44.5. The number of aliphatic hydroxyl groups excluding tert-OH is 2. The molecule has 0 aromatic carbocycles. The molecule has 0 aromatic rings. The Morgan fingerprint density at radius 1 is 0.475 bits per heavy atom. The van der Waals surface area contributed by atoms with Crippen LogP contribution in [0.15, 0.2) is 48.6 Å². The van der Waals surface area contributed by atoms with Crippen LogP contribution >= 0.6 is 0 Å². The highest BCUT2D eigenvalue weighted by Crippen LogP contribution is 2.17. The number of hydrogen-bond donors (Lipinski definition) is 3. The van der Waals surface area contributed by atoms with Crippen molar-refractivity contribution in [3.8, 4) is 0 Å². The van der Waals surface area contributed by atoms with Crippen LogP contribution in [0.5, 0.6) is 0 Å². The molecule has 6 nitrogen and oxygen atoms in total. The average molecular weight is 856 g/mol. The van der Waals surface area contributed by atoms with Gasteiger partial charge in [0.05, 0.1) is 25.2 Å². The van der Waals surface area contributed by atoms with Crippen LogP contribution in [0.3, 0.4) is 0 Å². The zero-order valence-electron chi connectivity index (χ0n) is 40.5. The number of hydrogen-bond acceptors (Lipinski definition) is 5. The van der Waals surface area contributed by atoms with E-state index in [-0.39, 0.29) is 24.9 Å². The fourth-order valence-corrected chi connectivity index (χ4v) is 7.88. The second kappa shape index (κ2) is 48.8. The van der Waals surface area contributed by atoms with Gasteiger partial charge >= 0.3 is 5.97 Å². The molecule has 0 rings (SSSR count). The summed E-state index contributed by atoms with van der Waals surface area (Å²) in [5.74, 6) is -0.507. The molecular formula is C55H101NO5. The van der Waals surface area contributed by atoms with E-state index in [2.05, 4.69) is 74.7 Å². The molecular weight excluding hydrogens is 755 g/mol. The molecule has 0 bridgehead atoms. The van der Waals surface area contributed by atoms with Gasteiger partial charge in [-0.05, 0) is 77.0 Å². The fourth-order valence-electron chi connectivity index (χ4n) is 7.88. The Morgan fingerprint density at radius 2 is 0.820 bits per heavy atom. The first kappa shape index (κ1) is 58.8. The molecule has 3 unspecified atom stereocenters. The van der Waals surface area contributed by atoms with Crippen molar-refractivity contribution in [1.82, 2.24) is 5.32 Å². The molecule has 0 heterocycles. The van der Waals surface area contributed by atoms with Crippen LogP contribution in [-0.2, 0) is 14.3 Å². The van der Waals surface area contributed by atoms with Gasteiger partial charge in [-0.15, -0.1) is 0 Å². The summed E-state index contributed by atoms with van der Waals surface area (Å²) in [6.45, 7) is 6.44. The highest BCUT2D eigenvalue weighted by Gasteiger charge is 2.24. The largest absolute Gasteiger partial charge is 0.462 e. The summed E-state index contributed by atoms with van der Waals surface area (Å²) in [6.07, 6.45) is 58.8. The predicted octanol–water partition coefficient (Wildman–Crippen LogP) is 15.8. The molecule has 0 radical (unpaired) electrons. The maximum atomic E-state index is 13.2. The Morgan fingerprint density at radius 3 is 1.25 bits per heavy atom. The van der Waals surface area contributed by atoms with Crippen molar-refractivity contribution in [1.29, 1.82) is 0 Å². The van der Waals surface area contributed by atoms with Gasteiger partial charge in [0, 0.05) is 6.42 Å². The molecule has 356 valence electrons. The summed E-state index contributed by atoms with van der Waals surface area (Å²) in [6, 6.07) is -0.710. The SMILES string of the molecule is CCCCC/C=C/C=C/CCCCCCC(CC(=O)NC(CO)C(O)CCCCCCCCCCCCC)OC(=O)CCCCCCC/C=C/C=C/CCCCCCCCC. The van der Waals surface area contributed by atoms with Gasteiger partial charge in [-0.3, -0.25) is 9.59 Å². The third-order valence-electron chi connectivity index (χ3n) is 11.9. The molecule has 61 heavy (non-hydrogen) atoms. The second-order valence-corrected chi connectivity index (χ2v) is 18.0. The van der Waals surface area contributed by atoms with Crippen LogP contribution in [0.1, 0.15) is 265 Å². The molecule has 6 heteroatoms. The maximum absolute atomic E-state index is 13.2. The normalized spacial score (nSPS) is 13.6. The highest BCUT2D eigenvalue weighted by atomic mass is 16.5. The number of carbonyl (C=O) groups is 2. The van der Waals surface area contributed by atoms with E-state index >= 15 is 0 Å². The van der Waals surface area contributed by atoms with Crippen LogP contribution in [0, 0.1) is 0 Å². The van der Waals surface area contributed by atoms with E-state index in [4.69, 9.17) is 4.74 Å². The third kappa shape index (κ3) is 44.2. The van der Waals surface area contributed by atoms with Crippen molar-refractivity contribution in [3.63, 3.8) is 0 Å². The van der Waals surface area contributed by atoms with E-state index in [1.807, 2.05) is 0 Å². The molecule has 0 aliphatic carbocycles. The van der Waals surface area contributed by atoms with Crippen molar-refractivity contribution in [3.05, 3.63) is 48.6 Å². The lowest BCUT2D eigenvalue weighted by atomic mass is 10.0. The number of unbranched alkanes of at least 4 members (excludes halogenated alkanes) is 29. The van der Waals surface area contributed by atoms with Gasteiger partial charge in [-0.25, -0.2) is 0 Å². The van der Waals surface area contributed by atoms with E-state index < -0.39 is 18.2 Å². The first-order valence-electron chi connectivity index (χ1n) is 26.4. The number of allylic oxidation sites excluding steroid dienone is 8. The quantitative estimate of drug-likeness (QED) is 0.0322. The lowest BCUT2D eigenvalue weighted by Crippen LogP contribution is -2.46. The first-order chi connectivity index (χ1) is 30.0. The molecule has 0 aliphatic rings. The topological polar surface area (TPSA) is 95.9 Å². The minimum atomic E-state index is -0.795. The van der Waals surface area contributed by atoms with Gasteiger partial charge < -0.3 is 20.3 Å². The van der Waals surface area contributed by atoms with E-state index in [0.29, 0.717) is 19.3 Å². The standard InChI is InChI=1S/C55H101NO5/c1-4-7-10-13-16-19-22-24-25-26-27-28-30-33-36-39-42-45-48-55(60)61-51(46-43-40-37-34-32-29-23-20-17-14-11-8-5-2)49-54(59)56-52(50-57)53(58)47-44-41-38-35-31-21-18-15-12-9-6-3/h17,20,23,25-29,51-53,57-58H,4-16,18-19,21-22,24,30-50H2,1-3H3,(H,56,59)/b20-17+,26-25+,28-27+,29-23+. The summed E-state index contributed by atoms with van der Waals surface area (Å²) in [5.41, 5.74) is 0. The monoisotopic (exact) mass is 856 g/mol. The second-order valence-electron chi connectivity index (χ2n) is 18.0. The van der Waals surface area contributed by atoms with Gasteiger partial charge in [0.25, 0.3) is 0 Å². The van der Waals surface area contributed by atoms with Crippen molar-refractivity contribution >= 4 is 11.9 Å². The van der Waals surface area contributed by atoms with Gasteiger partial charge in [0.1, 0.15) is 6.10 Å². The Hall–Kier alpha value is -2.18. The average Bonchev–Trinajstić information content (AvgIpc) is 3.25. The lowest BCUT2D eigenvalue weighted by Gasteiger charge is -2.24. The van der Waals surface area contributed by atoms with E-state index in [9.17, 15) is 19.8 Å². The van der Waals surface area contributed by atoms with Gasteiger partial charge in [0.15, 0.2) is 0 Å². The van der Waals surface area contributed by atoms with Gasteiger partial charge in [-0.2, -0.15) is 0 Å². The summed E-state index contributed by atoms with van der Waals surface area (Å²) < 4.78 is 5.92. The van der Waals surface area contributed by atoms with Crippen molar-refractivity contribution in [2.75, 3.05) is 6.61 Å². The van der Waals surface area contributed by atoms with Gasteiger partial charge in [-0.1, -0.05) is 223 Å². The van der Waals surface area contributed by atoms with Crippen LogP contribution in [-0.4, -0.2) is 46.9 Å². The molecule has 0 spiro atoms. The number of carbonyl (C=O) groups excluding carboxylic acids is 2. The molecule has 1 amide bonds. The summed E-state index contributed by atoms with van der Waals surface area (Å²) in [7, 11) is 0. The predicted molar refractivity (Wildman–Crippen MR) is 264 cm³/mol. The number of amides is 1. The Balaban J connectivity index is 4.60.